The Kier molecular flexibility index (Phi) is 3.92. The van der Waals surface area contributed by atoms with Crippen LogP contribution in [0.15, 0.2) is 42.5 Å². The van der Waals surface area contributed by atoms with Gasteiger partial charge in [0.15, 0.2) is 0 Å². The molecule has 1 aliphatic heterocycles. The summed E-state index contributed by atoms with van der Waals surface area (Å²) in [6.45, 7) is 1.93. The van der Waals surface area contributed by atoms with Crippen molar-refractivity contribution in [1.29, 1.82) is 0 Å². The first kappa shape index (κ1) is 15.7. The quantitative estimate of drug-likeness (QED) is 0.902. The van der Waals surface area contributed by atoms with E-state index in [0.717, 1.165) is 43.6 Å². The monoisotopic (exact) mass is 335 g/mol. The van der Waals surface area contributed by atoms with Crippen molar-refractivity contribution in [2.75, 3.05) is 23.3 Å². The topological polar surface area (TPSA) is 75.4 Å². The van der Waals surface area contributed by atoms with Gasteiger partial charge in [-0.1, -0.05) is 24.3 Å². The highest BCUT2D eigenvalue weighted by molar-refractivity contribution is 6.02. The van der Waals surface area contributed by atoms with E-state index in [1.54, 1.807) is 12.1 Å². The lowest BCUT2D eigenvalue weighted by Gasteiger charge is -2.30. The van der Waals surface area contributed by atoms with Crippen LogP contribution in [0.5, 0.6) is 0 Å². The highest BCUT2D eigenvalue weighted by atomic mass is 16.2. The maximum Gasteiger partial charge on any atom is 0.248 e. The van der Waals surface area contributed by atoms with Gasteiger partial charge in [-0.3, -0.25) is 9.59 Å². The number of carbonyl (C=O) groups is 2. The molecule has 1 heterocycles. The number of primary amides is 1. The zero-order chi connectivity index (χ0) is 17.4. The average Bonchev–Trinajstić information content (AvgIpc) is 3.10. The first-order chi connectivity index (χ1) is 12.1. The fourth-order valence-corrected chi connectivity index (χ4v) is 3.74. The van der Waals surface area contributed by atoms with E-state index in [9.17, 15) is 9.59 Å². The number of hydrogen-bond acceptors (Lipinski definition) is 3. The maximum absolute atomic E-state index is 12.8. The van der Waals surface area contributed by atoms with E-state index >= 15 is 0 Å². The first-order valence-electron chi connectivity index (χ1n) is 8.71. The van der Waals surface area contributed by atoms with E-state index in [-0.39, 0.29) is 11.8 Å². The van der Waals surface area contributed by atoms with Crippen molar-refractivity contribution in [3.63, 3.8) is 0 Å². The van der Waals surface area contributed by atoms with Crippen molar-refractivity contribution in [1.82, 2.24) is 0 Å². The van der Waals surface area contributed by atoms with Gasteiger partial charge in [-0.05, 0) is 48.6 Å². The summed E-state index contributed by atoms with van der Waals surface area (Å²) in [4.78, 5) is 26.5. The van der Waals surface area contributed by atoms with Crippen LogP contribution in [0.2, 0.25) is 0 Å². The molecule has 2 aliphatic rings. The lowest BCUT2D eigenvalue weighted by Crippen LogP contribution is -2.31. The number of amides is 2. The van der Waals surface area contributed by atoms with E-state index in [1.807, 2.05) is 24.3 Å². The van der Waals surface area contributed by atoms with Crippen LogP contribution < -0.4 is 16.0 Å². The van der Waals surface area contributed by atoms with E-state index in [4.69, 9.17) is 5.73 Å². The zero-order valence-corrected chi connectivity index (χ0v) is 14.0. The molecule has 2 aromatic rings. The van der Waals surface area contributed by atoms with Gasteiger partial charge < -0.3 is 16.0 Å². The second kappa shape index (κ2) is 6.24. The molecule has 2 amide bonds. The molecule has 5 nitrogen and oxygen atoms in total. The van der Waals surface area contributed by atoms with Gasteiger partial charge in [0.2, 0.25) is 11.8 Å². The molecule has 128 valence electrons. The Bertz CT molecular complexity index is 841. The van der Waals surface area contributed by atoms with Crippen LogP contribution in [0.1, 0.15) is 40.2 Å². The third-order valence-corrected chi connectivity index (χ3v) is 5.16. The molecule has 25 heavy (non-hydrogen) atoms. The molecule has 1 fully saturated rings. The van der Waals surface area contributed by atoms with Crippen molar-refractivity contribution < 1.29 is 9.59 Å². The Morgan fingerprint density at radius 3 is 2.56 bits per heavy atom. The van der Waals surface area contributed by atoms with Crippen LogP contribution in [0.25, 0.3) is 0 Å². The Hall–Kier alpha value is -2.82. The predicted molar refractivity (Wildman–Crippen MR) is 97.9 cm³/mol. The Labute approximate surface area is 146 Å². The summed E-state index contributed by atoms with van der Waals surface area (Å²) < 4.78 is 0. The van der Waals surface area contributed by atoms with Crippen LogP contribution in [-0.2, 0) is 11.2 Å². The molecule has 1 saturated heterocycles. The summed E-state index contributed by atoms with van der Waals surface area (Å²) in [5, 5.41) is 3.04. The molecule has 3 N–H and O–H groups in total. The van der Waals surface area contributed by atoms with Gasteiger partial charge in [0.25, 0.3) is 0 Å². The number of nitrogens with two attached hydrogens (primary N) is 1. The maximum atomic E-state index is 12.8. The number of fused-ring (bicyclic) bond motifs is 1. The number of hydrogen-bond donors (Lipinski definition) is 2. The SMILES string of the molecule is NC(=O)c1ccc(N2CCCC2)c(NC(=O)[C@H]2Cc3ccccc32)c1. The summed E-state index contributed by atoms with van der Waals surface area (Å²) in [7, 11) is 0. The molecular weight excluding hydrogens is 314 g/mol. The third kappa shape index (κ3) is 2.86. The largest absolute Gasteiger partial charge is 0.370 e. The summed E-state index contributed by atoms with van der Waals surface area (Å²) in [6.07, 6.45) is 3.04. The summed E-state index contributed by atoms with van der Waals surface area (Å²) in [6, 6.07) is 13.3. The van der Waals surface area contributed by atoms with Gasteiger partial charge in [0.05, 0.1) is 17.3 Å². The number of anilines is 2. The van der Waals surface area contributed by atoms with Gasteiger partial charge in [0, 0.05) is 18.7 Å². The van der Waals surface area contributed by atoms with Crippen LogP contribution in [-0.4, -0.2) is 24.9 Å². The van der Waals surface area contributed by atoms with E-state index < -0.39 is 5.91 Å². The average molecular weight is 335 g/mol. The number of nitrogens with one attached hydrogen (secondary N) is 1. The second-order valence-electron chi connectivity index (χ2n) is 6.74. The summed E-state index contributed by atoms with van der Waals surface area (Å²) in [5.41, 5.74) is 9.78. The van der Waals surface area contributed by atoms with Crippen LogP contribution in [0, 0.1) is 0 Å². The lowest BCUT2D eigenvalue weighted by molar-refractivity contribution is -0.118. The normalized spacial score (nSPS) is 18.4. The summed E-state index contributed by atoms with van der Waals surface area (Å²) in [5.74, 6) is -0.641. The fraction of sp³-hybridized carbons (Fsp3) is 0.300. The minimum absolute atomic E-state index is 0.0271. The van der Waals surface area contributed by atoms with E-state index in [1.165, 1.54) is 5.56 Å². The van der Waals surface area contributed by atoms with Crippen molar-refractivity contribution in [2.45, 2.75) is 25.2 Å². The highest BCUT2D eigenvalue weighted by Crippen LogP contribution is 2.37. The summed E-state index contributed by atoms with van der Waals surface area (Å²) >= 11 is 0. The Morgan fingerprint density at radius 2 is 1.84 bits per heavy atom. The lowest BCUT2D eigenvalue weighted by atomic mass is 9.77. The fourth-order valence-electron chi connectivity index (χ4n) is 3.74. The molecule has 1 aliphatic carbocycles. The molecule has 2 aromatic carbocycles. The molecule has 0 aromatic heterocycles. The molecule has 0 saturated carbocycles. The molecule has 5 heteroatoms. The molecule has 0 unspecified atom stereocenters. The number of rotatable bonds is 4. The smallest absolute Gasteiger partial charge is 0.248 e. The van der Waals surface area contributed by atoms with Crippen LogP contribution >= 0.6 is 0 Å². The van der Waals surface area contributed by atoms with Gasteiger partial charge in [-0.15, -0.1) is 0 Å². The van der Waals surface area contributed by atoms with Crippen LogP contribution in [0.4, 0.5) is 11.4 Å². The second-order valence-corrected chi connectivity index (χ2v) is 6.74. The van der Waals surface area contributed by atoms with Crippen molar-refractivity contribution >= 4 is 23.2 Å². The standard InChI is InChI=1S/C20H21N3O2/c21-19(24)14-7-8-18(23-9-3-4-10-23)17(12-14)22-20(25)16-11-13-5-1-2-6-15(13)16/h1-2,5-8,12,16H,3-4,9-11H2,(H2,21,24)(H,22,25)/t16-/m0/s1. The molecule has 1 atom stereocenters. The van der Waals surface area contributed by atoms with Gasteiger partial charge in [0.1, 0.15) is 0 Å². The van der Waals surface area contributed by atoms with Gasteiger partial charge in [-0.25, -0.2) is 0 Å². The van der Waals surface area contributed by atoms with Crippen LogP contribution in [0.3, 0.4) is 0 Å². The number of nitrogens with zero attached hydrogens (tertiary/aromatic N) is 1. The third-order valence-electron chi connectivity index (χ3n) is 5.16. The minimum atomic E-state index is -0.488. The van der Waals surface area contributed by atoms with Crippen molar-refractivity contribution in [3.8, 4) is 0 Å². The molecule has 4 rings (SSSR count). The van der Waals surface area contributed by atoms with Gasteiger partial charge in [-0.2, -0.15) is 0 Å². The van der Waals surface area contributed by atoms with E-state index in [0.29, 0.717) is 11.3 Å². The first-order valence-corrected chi connectivity index (χ1v) is 8.71. The van der Waals surface area contributed by atoms with E-state index in [2.05, 4.69) is 16.3 Å². The number of benzene rings is 2. The van der Waals surface area contributed by atoms with Crippen molar-refractivity contribution in [3.05, 3.63) is 59.2 Å². The Balaban J connectivity index is 1.61. The molecule has 0 radical (unpaired) electrons. The highest BCUT2D eigenvalue weighted by Gasteiger charge is 2.32. The van der Waals surface area contributed by atoms with Crippen molar-refractivity contribution in [2.24, 2.45) is 5.73 Å². The molecular formula is C20H21N3O2. The number of carbonyl (C=O) groups excluding carboxylic acids is 2. The van der Waals surface area contributed by atoms with Gasteiger partial charge >= 0.3 is 0 Å². The molecule has 0 spiro atoms. The Morgan fingerprint density at radius 1 is 1.08 bits per heavy atom. The predicted octanol–water partition coefficient (Wildman–Crippen LogP) is 2.66. The minimum Gasteiger partial charge on any atom is -0.370 e. The zero-order valence-electron chi connectivity index (χ0n) is 14.0. The molecule has 0 bridgehead atoms.